The van der Waals surface area contributed by atoms with Crippen LogP contribution in [0.15, 0.2) is 53.6 Å². The molecule has 0 radical (unpaired) electrons. The highest BCUT2D eigenvalue weighted by atomic mass is 35.5. The minimum Gasteiger partial charge on any atom is -0.322 e. The van der Waals surface area contributed by atoms with Gasteiger partial charge in [0, 0.05) is 10.6 Å². The molecule has 1 amide bonds. The summed E-state index contributed by atoms with van der Waals surface area (Å²) in [5.74, 6) is -0.0315. The first-order valence-corrected chi connectivity index (χ1v) is 9.77. The van der Waals surface area contributed by atoms with Crippen LogP contribution in [0.25, 0.3) is 0 Å². The van der Waals surface area contributed by atoms with Gasteiger partial charge in [-0.05, 0) is 30.2 Å². The summed E-state index contributed by atoms with van der Waals surface area (Å²) in [5, 5.41) is 4.87. The van der Waals surface area contributed by atoms with Crippen LogP contribution in [-0.2, 0) is 11.3 Å². The van der Waals surface area contributed by atoms with Crippen molar-refractivity contribution in [3.63, 3.8) is 0 Å². The zero-order chi connectivity index (χ0) is 19.1. The number of benzene rings is 2. The van der Waals surface area contributed by atoms with Crippen molar-refractivity contribution in [3.05, 3.63) is 70.2 Å². The Morgan fingerprint density at radius 1 is 1.07 bits per heavy atom. The number of carbonyl (C=O) groups is 1. The van der Waals surface area contributed by atoms with Crippen LogP contribution in [0.4, 0.5) is 0 Å². The largest absolute Gasteiger partial charge is 0.322 e. The molecule has 0 atom stereocenters. The predicted molar refractivity (Wildman–Crippen MR) is 108 cm³/mol. The fourth-order valence-electron chi connectivity index (χ4n) is 3.37. The second kappa shape index (κ2) is 9.65. The Balaban J connectivity index is 1.39. The normalized spacial score (nSPS) is 19.9. The molecule has 2 aromatic rings. The van der Waals surface area contributed by atoms with Crippen LogP contribution in [0.2, 0.25) is 5.02 Å². The van der Waals surface area contributed by atoms with E-state index in [2.05, 4.69) is 22.7 Å². The molecular formula is C21H27ClN4O+2. The number of halogens is 1. The molecule has 5 nitrogen and oxygen atoms in total. The van der Waals surface area contributed by atoms with Crippen LogP contribution >= 0.6 is 11.6 Å². The molecule has 0 bridgehead atoms. The molecule has 27 heavy (non-hydrogen) atoms. The van der Waals surface area contributed by atoms with Crippen LogP contribution in [0.3, 0.4) is 0 Å². The van der Waals surface area contributed by atoms with E-state index in [1.165, 1.54) is 10.5 Å². The number of quaternary nitrogens is 2. The first-order chi connectivity index (χ1) is 13.1. The number of amides is 1. The molecule has 2 aromatic carbocycles. The first kappa shape index (κ1) is 19.5. The lowest BCUT2D eigenvalue weighted by molar-refractivity contribution is -1.02. The van der Waals surface area contributed by atoms with Crippen molar-refractivity contribution in [1.29, 1.82) is 0 Å². The zero-order valence-electron chi connectivity index (χ0n) is 15.7. The fourth-order valence-corrected chi connectivity index (χ4v) is 3.50. The van der Waals surface area contributed by atoms with Gasteiger partial charge in [-0.25, -0.2) is 5.43 Å². The quantitative estimate of drug-likeness (QED) is 0.478. The Bertz CT molecular complexity index is 783. The third-order valence-corrected chi connectivity index (χ3v) is 5.28. The van der Waals surface area contributed by atoms with Gasteiger partial charge >= 0.3 is 0 Å². The van der Waals surface area contributed by atoms with Gasteiger partial charge in [0.05, 0.1) is 6.21 Å². The van der Waals surface area contributed by atoms with Gasteiger partial charge in [0.2, 0.25) is 0 Å². The van der Waals surface area contributed by atoms with Crippen molar-refractivity contribution in [1.82, 2.24) is 5.43 Å². The molecule has 0 unspecified atom stereocenters. The highest BCUT2D eigenvalue weighted by molar-refractivity contribution is 6.30. The Hall–Kier alpha value is -2.21. The number of hydrogen-bond donors (Lipinski definition) is 3. The van der Waals surface area contributed by atoms with Crippen molar-refractivity contribution < 1.29 is 14.6 Å². The molecule has 1 fully saturated rings. The van der Waals surface area contributed by atoms with Crippen LogP contribution in [0.1, 0.15) is 16.7 Å². The maximum atomic E-state index is 12.1. The summed E-state index contributed by atoms with van der Waals surface area (Å²) >= 11 is 5.94. The highest BCUT2D eigenvalue weighted by Crippen LogP contribution is 2.08. The van der Waals surface area contributed by atoms with Crippen LogP contribution < -0.4 is 15.2 Å². The lowest BCUT2D eigenvalue weighted by Crippen LogP contribution is -3.28. The van der Waals surface area contributed by atoms with Crippen LogP contribution in [-0.4, -0.2) is 44.8 Å². The second-order valence-corrected chi connectivity index (χ2v) is 7.57. The van der Waals surface area contributed by atoms with Gasteiger partial charge in [0.1, 0.15) is 32.7 Å². The van der Waals surface area contributed by atoms with Crippen LogP contribution in [0, 0.1) is 6.92 Å². The Morgan fingerprint density at radius 2 is 1.74 bits per heavy atom. The van der Waals surface area contributed by atoms with Gasteiger partial charge in [0.15, 0.2) is 6.54 Å². The van der Waals surface area contributed by atoms with E-state index in [1.807, 2.05) is 43.3 Å². The van der Waals surface area contributed by atoms with E-state index < -0.39 is 0 Å². The minimum atomic E-state index is -0.0315. The summed E-state index contributed by atoms with van der Waals surface area (Å²) in [4.78, 5) is 15.0. The SMILES string of the molecule is Cc1ccccc1/C=N\NC(=O)C[NH+]1CC[NH+](Cc2ccc(Cl)cc2)CC1. The number of carbonyl (C=O) groups excluding carboxylic acids is 1. The van der Waals surface area contributed by atoms with Gasteiger partial charge in [-0.3, -0.25) is 4.79 Å². The van der Waals surface area contributed by atoms with Crippen molar-refractivity contribution in [2.45, 2.75) is 13.5 Å². The van der Waals surface area contributed by atoms with Gasteiger partial charge < -0.3 is 9.80 Å². The summed E-state index contributed by atoms with van der Waals surface area (Å²) in [5.41, 5.74) is 6.12. The average Bonchev–Trinajstić information content (AvgIpc) is 2.67. The predicted octanol–water partition coefficient (Wildman–Crippen LogP) is 0.0821. The van der Waals surface area contributed by atoms with Gasteiger partial charge in [-0.1, -0.05) is 48.0 Å². The van der Waals surface area contributed by atoms with Crippen molar-refractivity contribution in [3.8, 4) is 0 Å². The standard InChI is InChI=1S/C21H25ClN4O/c1-17-4-2-3-5-19(17)14-23-24-21(27)16-26-12-10-25(11-13-26)15-18-6-8-20(22)9-7-18/h2-9,14H,10-13,15-16H2,1H3,(H,24,27)/p+2/b23-14-. The molecule has 3 N–H and O–H groups in total. The summed E-state index contributed by atoms with van der Waals surface area (Å²) in [7, 11) is 0. The topological polar surface area (TPSA) is 50.3 Å². The van der Waals surface area contributed by atoms with E-state index in [4.69, 9.17) is 11.6 Å². The van der Waals surface area contributed by atoms with Crippen molar-refractivity contribution >= 4 is 23.7 Å². The number of aryl methyl sites for hydroxylation is 1. The fraction of sp³-hybridized carbons (Fsp3) is 0.333. The van der Waals surface area contributed by atoms with Gasteiger partial charge in [-0.15, -0.1) is 0 Å². The summed E-state index contributed by atoms with van der Waals surface area (Å²) in [6, 6.07) is 16.0. The van der Waals surface area contributed by atoms with Crippen LogP contribution in [0.5, 0.6) is 0 Å². The third-order valence-electron chi connectivity index (χ3n) is 5.02. The highest BCUT2D eigenvalue weighted by Gasteiger charge is 2.24. The molecule has 1 heterocycles. The summed E-state index contributed by atoms with van der Waals surface area (Å²) in [6.07, 6.45) is 1.71. The van der Waals surface area contributed by atoms with Crippen molar-refractivity contribution in [2.24, 2.45) is 5.10 Å². The number of nitrogens with one attached hydrogen (secondary N) is 3. The first-order valence-electron chi connectivity index (χ1n) is 9.39. The second-order valence-electron chi connectivity index (χ2n) is 7.13. The molecule has 0 aromatic heterocycles. The summed E-state index contributed by atoms with van der Waals surface area (Å²) in [6.45, 7) is 7.64. The lowest BCUT2D eigenvalue weighted by atomic mass is 10.1. The van der Waals surface area contributed by atoms with E-state index in [-0.39, 0.29) is 5.91 Å². The molecule has 0 saturated carbocycles. The molecule has 0 aliphatic carbocycles. The van der Waals surface area contributed by atoms with E-state index in [0.717, 1.165) is 48.9 Å². The number of hydrogen-bond acceptors (Lipinski definition) is 2. The van der Waals surface area contributed by atoms with E-state index >= 15 is 0 Å². The Kier molecular flexibility index (Phi) is 6.98. The maximum absolute atomic E-state index is 12.1. The summed E-state index contributed by atoms with van der Waals surface area (Å²) < 4.78 is 0. The van der Waals surface area contributed by atoms with E-state index in [9.17, 15) is 4.79 Å². The van der Waals surface area contributed by atoms with Gasteiger partial charge in [-0.2, -0.15) is 5.10 Å². The molecule has 1 aliphatic rings. The maximum Gasteiger partial charge on any atom is 0.295 e. The Morgan fingerprint density at radius 3 is 2.44 bits per heavy atom. The smallest absolute Gasteiger partial charge is 0.295 e. The molecule has 6 heteroatoms. The van der Waals surface area contributed by atoms with E-state index in [1.54, 1.807) is 11.1 Å². The molecule has 3 rings (SSSR count). The number of hydrazone groups is 1. The molecule has 0 spiro atoms. The minimum absolute atomic E-state index is 0.0315. The zero-order valence-corrected chi connectivity index (χ0v) is 16.4. The monoisotopic (exact) mass is 386 g/mol. The lowest BCUT2D eigenvalue weighted by Gasteiger charge is -2.29. The number of piperazine rings is 1. The van der Waals surface area contributed by atoms with Gasteiger partial charge in [0.25, 0.3) is 5.91 Å². The number of nitrogens with zero attached hydrogens (tertiary/aromatic N) is 1. The molecule has 142 valence electrons. The Labute approximate surface area is 165 Å². The van der Waals surface area contributed by atoms with E-state index in [0.29, 0.717) is 6.54 Å². The van der Waals surface area contributed by atoms with Crippen molar-refractivity contribution in [2.75, 3.05) is 32.7 Å². The molecular weight excluding hydrogens is 360 g/mol. The molecule has 1 aliphatic heterocycles. The molecule has 1 saturated heterocycles. The third kappa shape index (κ3) is 6.17. The number of rotatable bonds is 6. The average molecular weight is 387 g/mol.